The van der Waals surface area contributed by atoms with Crippen molar-refractivity contribution in [1.82, 2.24) is 4.98 Å². The van der Waals surface area contributed by atoms with Crippen molar-refractivity contribution < 1.29 is 0 Å². The van der Waals surface area contributed by atoms with Crippen LogP contribution in [0.15, 0.2) is 18.2 Å². The molecule has 0 unspecified atom stereocenters. The average Bonchev–Trinajstić information content (AvgIpc) is 2.32. The maximum atomic E-state index is 6.21. The highest BCUT2D eigenvalue weighted by Gasteiger charge is 2.12. The lowest BCUT2D eigenvalue weighted by molar-refractivity contribution is 0.830. The van der Waals surface area contributed by atoms with E-state index >= 15 is 0 Å². The molecule has 1 heterocycles. The summed E-state index contributed by atoms with van der Waals surface area (Å²) in [6, 6.07) is 5.60. The first-order valence-electron chi connectivity index (χ1n) is 5.51. The van der Waals surface area contributed by atoms with Crippen molar-refractivity contribution >= 4 is 39.8 Å². The van der Waals surface area contributed by atoms with Crippen LogP contribution in [0, 0.1) is 0 Å². The van der Waals surface area contributed by atoms with E-state index in [9.17, 15) is 0 Å². The largest absolute Gasteiger partial charge is 0.387 e. The third-order valence-corrected chi connectivity index (χ3v) is 3.36. The summed E-state index contributed by atoms with van der Waals surface area (Å²) in [7, 11) is 1.87. The second-order valence-electron chi connectivity index (χ2n) is 4.25. The van der Waals surface area contributed by atoms with Crippen molar-refractivity contribution in [3.63, 3.8) is 0 Å². The van der Waals surface area contributed by atoms with Gasteiger partial charge in [0.1, 0.15) is 0 Å². The summed E-state index contributed by atoms with van der Waals surface area (Å²) in [6.07, 6.45) is 0. The minimum absolute atomic E-state index is 0.349. The maximum absolute atomic E-state index is 6.21. The normalized spacial score (nSPS) is 11.2. The maximum Gasteiger partial charge on any atom is 0.0927 e. The quantitative estimate of drug-likeness (QED) is 0.854. The molecule has 0 fully saturated rings. The molecule has 1 aromatic heterocycles. The van der Waals surface area contributed by atoms with E-state index in [1.54, 1.807) is 12.1 Å². The number of benzene rings is 1. The molecule has 0 aliphatic heterocycles. The highest BCUT2D eigenvalue weighted by atomic mass is 35.5. The molecule has 0 aliphatic carbocycles. The first-order chi connectivity index (χ1) is 8.04. The van der Waals surface area contributed by atoms with Gasteiger partial charge in [-0.25, -0.2) is 0 Å². The molecule has 0 radical (unpaired) electrons. The van der Waals surface area contributed by atoms with E-state index in [1.807, 2.05) is 13.1 Å². The van der Waals surface area contributed by atoms with Crippen LogP contribution in [0.3, 0.4) is 0 Å². The van der Waals surface area contributed by atoms with Gasteiger partial charge in [-0.05, 0) is 24.1 Å². The van der Waals surface area contributed by atoms with E-state index in [2.05, 4.69) is 24.1 Å². The van der Waals surface area contributed by atoms with Crippen LogP contribution in [-0.2, 0) is 0 Å². The molecule has 0 aliphatic rings. The van der Waals surface area contributed by atoms with Gasteiger partial charge in [0.25, 0.3) is 0 Å². The number of nitrogens with one attached hydrogen (secondary N) is 1. The van der Waals surface area contributed by atoms with Gasteiger partial charge in [0, 0.05) is 23.8 Å². The van der Waals surface area contributed by atoms with E-state index in [0.717, 1.165) is 22.3 Å². The Morgan fingerprint density at radius 3 is 2.41 bits per heavy atom. The van der Waals surface area contributed by atoms with Crippen LogP contribution >= 0.6 is 23.2 Å². The number of hydrogen-bond donors (Lipinski definition) is 1. The molecule has 0 amide bonds. The summed E-state index contributed by atoms with van der Waals surface area (Å²) < 4.78 is 0. The number of rotatable bonds is 2. The SMILES string of the molecule is CNc1cc(C(C)C)nc2c(Cl)ccc(Cl)c12. The van der Waals surface area contributed by atoms with E-state index in [4.69, 9.17) is 23.2 Å². The van der Waals surface area contributed by atoms with Crippen molar-refractivity contribution in [2.24, 2.45) is 0 Å². The van der Waals surface area contributed by atoms with Crippen molar-refractivity contribution in [2.45, 2.75) is 19.8 Å². The van der Waals surface area contributed by atoms with Gasteiger partial charge in [0.2, 0.25) is 0 Å². The predicted octanol–water partition coefficient (Wildman–Crippen LogP) is 4.71. The molecule has 2 rings (SSSR count). The van der Waals surface area contributed by atoms with Crippen LogP contribution in [0.4, 0.5) is 5.69 Å². The van der Waals surface area contributed by atoms with Gasteiger partial charge in [-0.3, -0.25) is 4.98 Å². The first-order valence-corrected chi connectivity index (χ1v) is 6.26. The van der Waals surface area contributed by atoms with Gasteiger partial charge in [0.15, 0.2) is 0 Å². The molecule has 1 N–H and O–H groups in total. The zero-order valence-electron chi connectivity index (χ0n) is 10.0. The molecule has 0 spiro atoms. The number of nitrogens with zero attached hydrogens (tertiary/aromatic N) is 1. The molecule has 90 valence electrons. The fourth-order valence-electron chi connectivity index (χ4n) is 1.78. The molecular weight excluding hydrogens is 255 g/mol. The van der Waals surface area contributed by atoms with E-state index in [1.165, 1.54) is 0 Å². The molecule has 0 saturated heterocycles. The van der Waals surface area contributed by atoms with Crippen LogP contribution in [-0.4, -0.2) is 12.0 Å². The number of hydrogen-bond acceptors (Lipinski definition) is 2. The smallest absolute Gasteiger partial charge is 0.0927 e. The number of halogens is 2. The minimum Gasteiger partial charge on any atom is -0.387 e. The van der Waals surface area contributed by atoms with Crippen LogP contribution in [0.5, 0.6) is 0 Å². The minimum atomic E-state index is 0.349. The Bertz CT molecular complexity index is 565. The fourth-order valence-corrected chi connectivity index (χ4v) is 2.24. The molecule has 1 aromatic carbocycles. The number of anilines is 1. The Morgan fingerprint density at radius 2 is 1.82 bits per heavy atom. The van der Waals surface area contributed by atoms with E-state index < -0.39 is 0 Å². The van der Waals surface area contributed by atoms with Crippen LogP contribution in [0.2, 0.25) is 10.0 Å². The molecule has 0 saturated carbocycles. The molecule has 0 atom stereocenters. The third kappa shape index (κ3) is 2.20. The highest BCUT2D eigenvalue weighted by Crippen LogP contribution is 2.35. The summed E-state index contributed by atoms with van der Waals surface area (Å²) in [5.41, 5.74) is 2.73. The molecule has 4 heteroatoms. The zero-order chi connectivity index (χ0) is 12.6. The zero-order valence-corrected chi connectivity index (χ0v) is 11.5. The molecular formula is C13H14Cl2N2. The monoisotopic (exact) mass is 268 g/mol. The molecule has 0 bridgehead atoms. The Hall–Kier alpha value is -0.990. The lowest BCUT2D eigenvalue weighted by Gasteiger charge is -2.13. The Balaban J connectivity index is 2.87. The third-order valence-electron chi connectivity index (χ3n) is 2.74. The Morgan fingerprint density at radius 1 is 1.18 bits per heavy atom. The highest BCUT2D eigenvalue weighted by molar-refractivity contribution is 6.40. The molecule has 17 heavy (non-hydrogen) atoms. The van der Waals surface area contributed by atoms with Crippen molar-refractivity contribution in [3.05, 3.63) is 33.9 Å². The topological polar surface area (TPSA) is 24.9 Å². The first kappa shape index (κ1) is 12.5. The van der Waals surface area contributed by atoms with Crippen molar-refractivity contribution in [2.75, 3.05) is 12.4 Å². The van der Waals surface area contributed by atoms with Crippen molar-refractivity contribution in [3.8, 4) is 0 Å². The lowest BCUT2D eigenvalue weighted by atomic mass is 10.1. The van der Waals surface area contributed by atoms with Crippen LogP contribution < -0.4 is 5.32 Å². The second-order valence-corrected chi connectivity index (χ2v) is 5.07. The summed E-state index contributed by atoms with van der Waals surface area (Å²) >= 11 is 12.4. The fraction of sp³-hybridized carbons (Fsp3) is 0.308. The summed E-state index contributed by atoms with van der Waals surface area (Å²) in [5.74, 6) is 0.349. The average molecular weight is 269 g/mol. The Labute approximate surface area is 111 Å². The Kier molecular flexibility index (Phi) is 3.45. The molecule has 2 aromatic rings. The van der Waals surface area contributed by atoms with Gasteiger partial charge < -0.3 is 5.32 Å². The predicted molar refractivity (Wildman–Crippen MR) is 75.4 cm³/mol. The molecule has 2 nitrogen and oxygen atoms in total. The summed E-state index contributed by atoms with van der Waals surface area (Å²) in [6.45, 7) is 4.21. The van der Waals surface area contributed by atoms with Crippen LogP contribution in [0.1, 0.15) is 25.5 Å². The van der Waals surface area contributed by atoms with Crippen molar-refractivity contribution in [1.29, 1.82) is 0 Å². The van der Waals surface area contributed by atoms with Gasteiger partial charge in [-0.1, -0.05) is 37.0 Å². The van der Waals surface area contributed by atoms with E-state index in [-0.39, 0.29) is 0 Å². The summed E-state index contributed by atoms with van der Waals surface area (Å²) in [5, 5.41) is 5.32. The second kappa shape index (κ2) is 4.71. The van der Waals surface area contributed by atoms with Gasteiger partial charge >= 0.3 is 0 Å². The van der Waals surface area contributed by atoms with Crippen LogP contribution in [0.25, 0.3) is 10.9 Å². The van der Waals surface area contributed by atoms with Gasteiger partial charge in [0.05, 0.1) is 15.6 Å². The number of pyridine rings is 1. The summed E-state index contributed by atoms with van der Waals surface area (Å²) in [4.78, 5) is 4.59. The lowest BCUT2D eigenvalue weighted by Crippen LogP contribution is -1.99. The van der Waals surface area contributed by atoms with E-state index in [0.29, 0.717) is 16.0 Å². The number of aromatic nitrogens is 1. The number of fused-ring (bicyclic) bond motifs is 1. The van der Waals surface area contributed by atoms with Gasteiger partial charge in [-0.2, -0.15) is 0 Å². The van der Waals surface area contributed by atoms with Gasteiger partial charge in [-0.15, -0.1) is 0 Å². The standard InChI is InChI=1S/C13H14Cl2N2/c1-7(2)10-6-11(16-3)12-8(14)4-5-9(15)13(12)17-10/h4-7H,1-3H3,(H,16,17).